The van der Waals surface area contributed by atoms with Gasteiger partial charge in [0.05, 0.1) is 36.4 Å². The lowest BCUT2D eigenvalue weighted by Crippen LogP contribution is -2.45. The molecule has 1 aliphatic rings. The van der Waals surface area contributed by atoms with E-state index in [0.717, 1.165) is 12.1 Å². The lowest BCUT2D eigenvalue weighted by molar-refractivity contribution is -0.145. The van der Waals surface area contributed by atoms with Gasteiger partial charge in [-0.15, -0.1) is 0 Å². The summed E-state index contributed by atoms with van der Waals surface area (Å²) in [4.78, 5) is 24.5. The standard InChI is InChI=1S/C21H27BrN2O6S/c1-5-8-14-17(20(26)29-7-3)18(24-21(31)23-14)12-9-13(22)19(15(10-12)27-4)30-11-16(25)28-6-2/h9-10,18H,5-8,11H2,1-4H3,(H2,23,24,31)/t18-/m0/s1. The molecule has 1 aromatic carbocycles. The van der Waals surface area contributed by atoms with Gasteiger partial charge in [-0.1, -0.05) is 13.3 Å². The maximum absolute atomic E-state index is 12.8. The molecule has 0 spiro atoms. The van der Waals surface area contributed by atoms with Crippen molar-refractivity contribution < 1.29 is 28.5 Å². The zero-order valence-corrected chi connectivity index (χ0v) is 20.4. The Hall–Kier alpha value is -2.33. The Balaban J connectivity index is 2.47. The number of allylic oxidation sites excluding steroid dienone is 1. The molecule has 2 N–H and O–H groups in total. The van der Waals surface area contributed by atoms with Crippen molar-refractivity contribution in [2.75, 3.05) is 26.9 Å². The zero-order valence-electron chi connectivity index (χ0n) is 18.0. The first kappa shape index (κ1) is 24.9. The Bertz CT molecular complexity index is 874. The molecule has 0 fully saturated rings. The molecule has 1 heterocycles. The summed E-state index contributed by atoms with van der Waals surface area (Å²) in [5, 5.41) is 6.65. The number of methoxy groups -OCH3 is 1. The second-order valence-electron chi connectivity index (χ2n) is 6.52. The molecule has 0 saturated heterocycles. The summed E-state index contributed by atoms with van der Waals surface area (Å²) >= 11 is 8.84. The molecule has 0 saturated carbocycles. The fraction of sp³-hybridized carbons (Fsp3) is 0.476. The van der Waals surface area contributed by atoms with Crippen molar-refractivity contribution in [1.82, 2.24) is 10.6 Å². The van der Waals surface area contributed by atoms with Crippen LogP contribution >= 0.6 is 28.1 Å². The average molecular weight is 515 g/mol. The van der Waals surface area contributed by atoms with Crippen LogP contribution in [0.1, 0.15) is 45.2 Å². The Morgan fingerprint density at radius 1 is 1.16 bits per heavy atom. The third-order valence-electron chi connectivity index (χ3n) is 4.37. The van der Waals surface area contributed by atoms with Gasteiger partial charge < -0.3 is 29.6 Å². The van der Waals surface area contributed by atoms with Crippen LogP contribution < -0.4 is 20.1 Å². The van der Waals surface area contributed by atoms with E-state index in [1.165, 1.54) is 7.11 Å². The predicted octanol–water partition coefficient (Wildman–Crippen LogP) is 3.54. The van der Waals surface area contributed by atoms with Crippen LogP contribution in [-0.2, 0) is 19.1 Å². The SMILES string of the molecule is CCCC1=C(C(=O)OCC)[C@H](c2cc(Br)c(OCC(=O)OCC)c(OC)c2)NC(=S)N1. The van der Waals surface area contributed by atoms with E-state index in [9.17, 15) is 9.59 Å². The summed E-state index contributed by atoms with van der Waals surface area (Å²) in [7, 11) is 1.49. The van der Waals surface area contributed by atoms with E-state index in [1.54, 1.807) is 26.0 Å². The molecule has 2 rings (SSSR count). The number of thiocarbonyl (C=S) groups is 1. The van der Waals surface area contributed by atoms with E-state index < -0.39 is 18.0 Å². The van der Waals surface area contributed by atoms with Gasteiger partial charge in [0.15, 0.2) is 23.2 Å². The van der Waals surface area contributed by atoms with Crippen molar-refractivity contribution in [2.24, 2.45) is 0 Å². The zero-order chi connectivity index (χ0) is 23.0. The van der Waals surface area contributed by atoms with E-state index in [4.69, 9.17) is 31.2 Å². The third-order valence-corrected chi connectivity index (χ3v) is 5.18. The summed E-state index contributed by atoms with van der Waals surface area (Å²) in [6.07, 6.45) is 1.47. The first-order valence-electron chi connectivity index (χ1n) is 9.99. The number of halogens is 1. The fourth-order valence-corrected chi connectivity index (χ4v) is 3.96. The molecular formula is C21H27BrN2O6S. The van der Waals surface area contributed by atoms with Crippen LogP contribution in [0.2, 0.25) is 0 Å². The van der Waals surface area contributed by atoms with Crippen LogP contribution in [0, 0.1) is 0 Å². The minimum Gasteiger partial charge on any atom is -0.493 e. The smallest absolute Gasteiger partial charge is 0.344 e. The number of rotatable bonds is 10. The number of nitrogens with one attached hydrogen (secondary N) is 2. The molecule has 0 bridgehead atoms. The van der Waals surface area contributed by atoms with Gasteiger partial charge >= 0.3 is 11.9 Å². The van der Waals surface area contributed by atoms with E-state index in [-0.39, 0.29) is 19.8 Å². The van der Waals surface area contributed by atoms with Gasteiger partial charge in [0, 0.05) is 5.70 Å². The first-order chi connectivity index (χ1) is 14.9. The monoisotopic (exact) mass is 514 g/mol. The third kappa shape index (κ3) is 6.33. The van der Waals surface area contributed by atoms with Crippen molar-refractivity contribution in [2.45, 2.75) is 39.7 Å². The average Bonchev–Trinajstić information content (AvgIpc) is 2.72. The van der Waals surface area contributed by atoms with Gasteiger partial charge in [-0.2, -0.15) is 0 Å². The maximum atomic E-state index is 12.8. The van der Waals surface area contributed by atoms with Crippen LogP contribution in [0.4, 0.5) is 0 Å². The van der Waals surface area contributed by atoms with Crippen molar-refractivity contribution >= 4 is 45.2 Å². The van der Waals surface area contributed by atoms with Gasteiger partial charge in [0.25, 0.3) is 0 Å². The highest BCUT2D eigenvalue weighted by molar-refractivity contribution is 9.10. The van der Waals surface area contributed by atoms with Crippen molar-refractivity contribution in [3.05, 3.63) is 33.4 Å². The van der Waals surface area contributed by atoms with E-state index >= 15 is 0 Å². The van der Waals surface area contributed by atoms with Crippen LogP contribution in [0.3, 0.4) is 0 Å². The number of benzene rings is 1. The van der Waals surface area contributed by atoms with E-state index in [1.807, 2.05) is 6.92 Å². The molecule has 0 aliphatic carbocycles. The normalized spacial score (nSPS) is 15.6. The minimum atomic E-state index is -0.543. The van der Waals surface area contributed by atoms with Crippen LogP contribution in [0.25, 0.3) is 0 Å². The predicted molar refractivity (Wildman–Crippen MR) is 123 cm³/mol. The highest BCUT2D eigenvalue weighted by atomic mass is 79.9. The molecule has 1 aliphatic heterocycles. The van der Waals surface area contributed by atoms with Crippen molar-refractivity contribution in [3.8, 4) is 11.5 Å². The Labute approximate surface area is 195 Å². The number of esters is 2. The summed E-state index contributed by atoms with van der Waals surface area (Å²) in [5.41, 5.74) is 1.91. The van der Waals surface area contributed by atoms with Crippen molar-refractivity contribution in [3.63, 3.8) is 0 Å². The van der Waals surface area contributed by atoms with Crippen molar-refractivity contribution in [1.29, 1.82) is 0 Å². The van der Waals surface area contributed by atoms with E-state index in [0.29, 0.717) is 38.6 Å². The minimum absolute atomic E-state index is 0.257. The Kier molecular flexibility index (Phi) is 9.57. The largest absolute Gasteiger partial charge is 0.493 e. The molecule has 1 atom stereocenters. The number of carbonyl (C=O) groups is 2. The fourth-order valence-electron chi connectivity index (χ4n) is 3.15. The Morgan fingerprint density at radius 3 is 2.48 bits per heavy atom. The van der Waals surface area contributed by atoms with Gasteiger partial charge in [-0.25, -0.2) is 9.59 Å². The molecule has 0 radical (unpaired) electrons. The summed E-state index contributed by atoms with van der Waals surface area (Å²) < 4.78 is 21.8. The molecule has 0 unspecified atom stereocenters. The van der Waals surface area contributed by atoms with Crippen LogP contribution in [0.5, 0.6) is 11.5 Å². The summed E-state index contributed by atoms with van der Waals surface area (Å²) in [5.74, 6) is -0.162. The number of hydrogen-bond donors (Lipinski definition) is 2. The Morgan fingerprint density at radius 2 is 1.87 bits per heavy atom. The van der Waals surface area contributed by atoms with Gasteiger partial charge in [0.2, 0.25) is 0 Å². The number of carbonyl (C=O) groups excluding carboxylic acids is 2. The second-order valence-corrected chi connectivity index (χ2v) is 7.78. The summed E-state index contributed by atoms with van der Waals surface area (Å²) in [6.45, 7) is 5.77. The topological polar surface area (TPSA) is 95.1 Å². The molecule has 1 aromatic rings. The second kappa shape index (κ2) is 11.9. The van der Waals surface area contributed by atoms with Gasteiger partial charge in [-0.3, -0.25) is 0 Å². The molecular weight excluding hydrogens is 488 g/mol. The number of ether oxygens (including phenoxy) is 4. The highest BCUT2D eigenvalue weighted by Crippen LogP contribution is 2.40. The molecule has 170 valence electrons. The lowest BCUT2D eigenvalue weighted by Gasteiger charge is -2.31. The lowest BCUT2D eigenvalue weighted by atomic mass is 9.93. The molecule has 31 heavy (non-hydrogen) atoms. The molecule has 0 amide bonds. The molecule has 0 aromatic heterocycles. The van der Waals surface area contributed by atoms with Crippen LogP contribution in [-0.4, -0.2) is 44.0 Å². The first-order valence-corrected chi connectivity index (χ1v) is 11.2. The molecule has 8 nitrogen and oxygen atoms in total. The van der Waals surface area contributed by atoms with Crippen LogP contribution in [0.15, 0.2) is 27.9 Å². The quantitative estimate of drug-likeness (QED) is 0.359. The van der Waals surface area contributed by atoms with E-state index in [2.05, 4.69) is 26.6 Å². The highest BCUT2D eigenvalue weighted by Gasteiger charge is 2.33. The molecule has 10 heteroatoms. The maximum Gasteiger partial charge on any atom is 0.344 e. The van der Waals surface area contributed by atoms with Gasteiger partial charge in [-0.05, 0) is 66.1 Å². The van der Waals surface area contributed by atoms with Gasteiger partial charge in [0.1, 0.15) is 0 Å². The number of hydrogen-bond acceptors (Lipinski definition) is 7. The summed E-state index contributed by atoms with van der Waals surface area (Å²) in [6, 6.07) is 2.98.